The van der Waals surface area contributed by atoms with Gasteiger partial charge in [-0.2, -0.15) is 9.97 Å². The zero-order valence-electron chi connectivity index (χ0n) is 18.6. The van der Waals surface area contributed by atoms with E-state index in [0.29, 0.717) is 37.4 Å². The second-order valence-corrected chi connectivity index (χ2v) is 9.18. The number of amides is 1. The topological polar surface area (TPSA) is 102 Å². The molecule has 2 aliphatic rings. The number of rotatable bonds is 6. The Kier molecular flexibility index (Phi) is 6.64. The van der Waals surface area contributed by atoms with Crippen LogP contribution in [0, 0.1) is 17.8 Å². The summed E-state index contributed by atoms with van der Waals surface area (Å²) in [6, 6.07) is 0. The number of hydrogen-bond acceptors (Lipinski definition) is 7. The molecular weight excluding hydrogens is 418 g/mol. The molecule has 1 amide bonds. The van der Waals surface area contributed by atoms with E-state index in [2.05, 4.69) is 45.1 Å². The van der Waals surface area contributed by atoms with Crippen LogP contribution in [0.15, 0.2) is 0 Å². The number of carbonyl (C=O) groups is 1. The van der Waals surface area contributed by atoms with Crippen molar-refractivity contribution in [2.75, 3.05) is 44.3 Å². The lowest BCUT2D eigenvalue weighted by Gasteiger charge is -2.41. The van der Waals surface area contributed by atoms with Crippen molar-refractivity contribution < 1.29 is 9.53 Å². The van der Waals surface area contributed by atoms with Gasteiger partial charge in [0.2, 0.25) is 11.2 Å². The first-order valence-electron chi connectivity index (χ1n) is 11.1. The molecule has 0 aliphatic carbocycles. The number of likely N-dealkylation sites (tertiary alicyclic amines) is 1. The molecule has 2 N–H and O–H groups in total. The van der Waals surface area contributed by atoms with Gasteiger partial charge in [-0.3, -0.25) is 9.69 Å². The number of aryl methyl sites for hydroxylation is 1. The molecule has 2 fully saturated rings. The van der Waals surface area contributed by atoms with Crippen LogP contribution < -0.4 is 10.6 Å². The average Bonchev–Trinajstić information content (AvgIpc) is 3.07. The van der Waals surface area contributed by atoms with Gasteiger partial charge >= 0.3 is 0 Å². The lowest BCUT2D eigenvalue weighted by Crippen LogP contribution is -2.45. The van der Waals surface area contributed by atoms with E-state index in [1.54, 1.807) is 0 Å². The summed E-state index contributed by atoms with van der Waals surface area (Å²) in [4.78, 5) is 30.1. The van der Waals surface area contributed by atoms with E-state index in [0.717, 1.165) is 62.1 Å². The van der Waals surface area contributed by atoms with Gasteiger partial charge in [0.1, 0.15) is 5.82 Å². The summed E-state index contributed by atoms with van der Waals surface area (Å²) in [5.41, 5.74) is 7.05. The molecule has 0 aromatic carbocycles. The van der Waals surface area contributed by atoms with Gasteiger partial charge in [-0.1, -0.05) is 13.8 Å². The number of nitrogens with two attached hydrogens (primary N) is 1. The lowest BCUT2D eigenvalue weighted by atomic mass is 9.77. The van der Waals surface area contributed by atoms with E-state index < -0.39 is 0 Å². The Morgan fingerprint density at radius 3 is 2.45 bits per heavy atom. The van der Waals surface area contributed by atoms with Crippen LogP contribution >= 0.6 is 11.6 Å². The summed E-state index contributed by atoms with van der Waals surface area (Å²) < 4.78 is 7.62. The summed E-state index contributed by atoms with van der Waals surface area (Å²) in [6.07, 6.45) is 0.459. The monoisotopic (exact) mass is 449 g/mol. The fourth-order valence-electron chi connectivity index (χ4n) is 5.14. The molecule has 1 unspecified atom stereocenters. The fraction of sp³-hybridized carbons (Fsp3) is 0.714. The molecule has 0 bridgehead atoms. The molecule has 4 heterocycles. The number of morpholine rings is 1. The minimum absolute atomic E-state index is 0.212. The Bertz CT molecular complexity index is 931. The van der Waals surface area contributed by atoms with Crippen molar-refractivity contribution in [1.29, 1.82) is 0 Å². The van der Waals surface area contributed by atoms with Crippen LogP contribution in [0.5, 0.6) is 0 Å². The van der Waals surface area contributed by atoms with E-state index >= 15 is 0 Å². The summed E-state index contributed by atoms with van der Waals surface area (Å²) in [7, 11) is 0. The summed E-state index contributed by atoms with van der Waals surface area (Å²) >= 11 is 6.30. The van der Waals surface area contributed by atoms with Crippen LogP contribution in [0.25, 0.3) is 11.2 Å². The van der Waals surface area contributed by atoms with Crippen molar-refractivity contribution in [3.8, 4) is 0 Å². The molecule has 3 atom stereocenters. The Hall–Kier alpha value is -1.97. The lowest BCUT2D eigenvalue weighted by molar-refractivity contribution is -0.120. The van der Waals surface area contributed by atoms with Crippen molar-refractivity contribution in [2.45, 2.75) is 40.3 Å². The predicted molar refractivity (Wildman–Crippen MR) is 120 cm³/mol. The number of imidazole rings is 1. The molecule has 4 rings (SSSR count). The highest BCUT2D eigenvalue weighted by molar-refractivity contribution is 6.28. The predicted octanol–water partition coefficient (Wildman–Crippen LogP) is 1.92. The molecule has 2 aromatic heterocycles. The third-order valence-corrected chi connectivity index (χ3v) is 6.78. The van der Waals surface area contributed by atoms with Crippen molar-refractivity contribution in [1.82, 2.24) is 24.4 Å². The van der Waals surface area contributed by atoms with Gasteiger partial charge in [0, 0.05) is 39.1 Å². The smallest absolute Gasteiger partial charge is 0.226 e. The largest absolute Gasteiger partial charge is 0.378 e. The van der Waals surface area contributed by atoms with Gasteiger partial charge in [0.15, 0.2) is 17.0 Å². The van der Waals surface area contributed by atoms with Crippen molar-refractivity contribution in [3.05, 3.63) is 11.1 Å². The number of anilines is 1. The SMILES string of the molecule is CCn1c(CN2C[C@@H](C)C(CC(N)=O)[C@@H](C)C2)nc2c(N3CCOCC3)nc(Cl)nc21. The van der Waals surface area contributed by atoms with Gasteiger partial charge in [-0.25, -0.2) is 4.98 Å². The number of piperidine rings is 1. The first-order chi connectivity index (χ1) is 14.9. The van der Waals surface area contributed by atoms with E-state index in [1.807, 2.05) is 0 Å². The van der Waals surface area contributed by atoms with Crippen LogP contribution in [0.4, 0.5) is 5.82 Å². The van der Waals surface area contributed by atoms with Crippen molar-refractivity contribution in [3.63, 3.8) is 0 Å². The van der Waals surface area contributed by atoms with Crippen LogP contribution in [0.1, 0.15) is 33.0 Å². The average molecular weight is 450 g/mol. The maximum absolute atomic E-state index is 11.5. The van der Waals surface area contributed by atoms with E-state index in [-0.39, 0.29) is 11.2 Å². The standard InChI is InChI=1S/C21H32ClN7O2/c1-4-29-17(12-27-10-13(2)15(9-16(23)30)14(3)11-27)24-18-19(25-21(22)26-20(18)29)28-5-7-31-8-6-28/h13-15H,4-12H2,1-3H3,(H2,23,30)/t13-,14+,15?. The third kappa shape index (κ3) is 4.63. The van der Waals surface area contributed by atoms with Gasteiger partial charge < -0.3 is 19.9 Å². The molecule has 2 saturated heterocycles. The molecule has 31 heavy (non-hydrogen) atoms. The Morgan fingerprint density at radius 2 is 1.84 bits per heavy atom. The number of fused-ring (bicyclic) bond motifs is 1. The van der Waals surface area contributed by atoms with Gasteiger partial charge in [0.25, 0.3) is 0 Å². The first kappa shape index (κ1) is 22.2. The second-order valence-electron chi connectivity index (χ2n) is 8.84. The van der Waals surface area contributed by atoms with Crippen molar-refractivity contribution >= 4 is 34.5 Å². The molecule has 9 nitrogen and oxygen atoms in total. The minimum atomic E-state index is -0.212. The van der Waals surface area contributed by atoms with Gasteiger partial charge in [-0.05, 0) is 36.3 Å². The zero-order chi connectivity index (χ0) is 22.1. The zero-order valence-corrected chi connectivity index (χ0v) is 19.3. The number of primary amides is 1. The van der Waals surface area contributed by atoms with Crippen LogP contribution in [-0.4, -0.2) is 69.7 Å². The molecule has 0 spiro atoms. The minimum Gasteiger partial charge on any atom is -0.378 e. The van der Waals surface area contributed by atoms with Crippen LogP contribution in [-0.2, 0) is 22.6 Å². The highest BCUT2D eigenvalue weighted by Crippen LogP contribution is 2.32. The van der Waals surface area contributed by atoms with E-state index in [9.17, 15) is 4.79 Å². The molecular formula is C21H32ClN7O2. The Labute approximate surface area is 187 Å². The first-order valence-corrected chi connectivity index (χ1v) is 11.5. The summed E-state index contributed by atoms with van der Waals surface area (Å²) in [5.74, 6) is 2.67. The molecule has 170 valence electrons. The molecule has 0 radical (unpaired) electrons. The van der Waals surface area contributed by atoms with Gasteiger partial charge in [0.05, 0.1) is 19.8 Å². The van der Waals surface area contributed by atoms with Gasteiger partial charge in [-0.15, -0.1) is 0 Å². The van der Waals surface area contributed by atoms with E-state index in [4.69, 9.17) is 27.1 Å². The highest BCUT2D eigenvalue weighted by atomic mass is 35.5. The Morgan fingerprint density at radius 1 is 1.16 bits per heavy atom. The second kappa shape index (κ2) is 9.26. The number of aromatic nitrogens is 4. The third-order valence-electron chi connectivity index (χ3n) is 6.61. The maximum Gasteiger partial charge on any atom is 0.226 e. The molecule has 2 aromatic rings. The van der Waals surface area contributed by atoms with Crippen LogP contribution in [0.2, 0.25) is 5.28 Å². The Balaban J connectivity index is 1.61. The summed E-state index contributed by atoms with van der Waals surface area (Å²) in [5, 5.41) is 0.240. The van der Waals surface area contributed by atoms with E-state index in [1.165, 1.54) is 0 Å². The molecule has 0 saturated carbocycles. The van der Waals surface area contributed by atoms with Crippen LogP contribution in [0.3, 0.4) is 0 Å². The fourth-order valence-corrected chi connectivity index (χ4v) is 5.30. The number of nitrogens with zero attached hydrogens (tertiary/aromatic N) is 6. The number of ether oxygens (including phenoxy) is 1. The number of halogens is 1. The summed E-state index contributed by atoms with van der Waals surface area (Å²) in [6.45, 7) is 12.7. The number of hydrogen-bond donors (Lipinski definition) is 1. The van der Waals surface area contributed by atoms with Crippen molar-refractivity contribution in [2.24, 2.45) is 23.5 Å². The number of carbonyl (C=O) groups excluding carboxylic acids is 1. The maximum atomic E-state index is 11.5. The highest BCUT2D eigenvalue weighted by Gasteiger charge is 2.33. The normalized spacial score (nSPS) is 25.3. The quantitative estimate of drug-likeness (QED) is 0.672. The molecule has 2 aliphatic heterocycles. The molecule has 10 heteroatoms.